The van der Waals surface area contributed by atoms with Crippen LogP contribution in [-0.4, -0.2) is 33.5 Å². The molecule has 1 unspecified atom stereocenters. The van der Waals surface area contributed by atoms with Crippen LogP contribution >= 0.6 is 0 Å². The highest BCUT2D eigenvalue weighted by molar-refractivity contribution is 5.55. The van der Waals surface area contributed by atoms with Gasteiger partial charge >= 0.3 is 0 Å². The van der Waals surface area contributed by atoms with Crippen LogP contribution in [0.15, 0.2) is 16.7 Å². The molecule has 0 amide bonds. The Bertz CT molecular complexity index is 671. The number of nitrogens with one attached hydrogen (secondary N) is 1. The first-order valence-electron chi connectivity index (χ1n) is 7.66. The molecule has 0 aliphatic heterocycles. The number of hydrogen-bond acceptors (Lipinski definition) is 6. The summed E-state index contributed by atoms with van der Waals surface area (Å²) in [5.41, 5.74) is 3.38. The van der Waals surface area contributed by atoms with E-state index in [9.17, 15) is 0 Å². The van der Waals surface area contributed by atoms with Crippen molar-refractivity contribution in [2.24, 2.45) is 0 Å². The maximum absolute atomic E-state index is 5.45. The highest BCUT2D eigenvalue weighted by Gasteiger charge is 2.27. The van der Waals surface area contributed by atoms with Crippen LogP contribution < -0.4 is 19.5 Å². The molecule has 2 aromatic rings. The van der Waals surface area contributed by atoms with E-state index in [0.29, 0.717) is 23.2 Å². The molecular formula is C17H22N2O4. The number of hydrogen-bond donors (Lipinski definition) is 1. The minimum absolute atomic E-state index is 0.353. The standard InChI is InChI=1S/C17H22N2O4/c1-18-17-12-6-5-10(7-13(12)19-23-17)11-8-14(20-2)16(22-4)15(9-11)21-3/h8-10,18H,5-7H2,1-4H3. The van der Waals surface area contributed by atoms with E-state index in [-0.39, 0.29) is 0 Å². The molecule has 3 rings (SSSR count). The Labute approximate surface area is 135 Å². The monoisotopic (exact) mass is 318 g/mol. The molecule has 0 saturated heterocycles. The molecule has 1 aromatic carbocycles. The predicted molar refractivity (Wildman–Crippen MR) is 86.9 cm³/mol. The Kier molecular flexibility index (Phi) is 4.32. The summed E-state index contributed by atoms with van der Waals surface area (Å²) < 4.78 is 21.6. The van der Waals surface area contributed by atoms with Crippen molar-refractivity contribution >= 4 is 5.88 Å². The molecule has 6 nitrogen and oxygen atoms in total. The van der Waals surface area contributed by atoms with Crippen molar-refractivity contribution in [1.29, 1.82) is 0 Å². The van der Waals surface area contributed by atoms with Gasteiger partial charge in [0.25, 0.3) is 0 Å². The summed E-state index contributed by atoms with van der Waals surface area (Å²) in [4.78, 5) is 0. The molecule has 0 bridgehead atoms. The third-order valence-corrected chi connectivity index (χ3v) is 4.44. The van der Waals surface area contributed by atoms with Gasteiger partial charge in [-0.3, -0.25) is 0 Å². The van der Waals surface area contributed by atoms with E-state index in [1.807, 2.05) is 19.2 Å². The summed E-state index contributed by atoms with van der Waals surface area (Å²) in [6.07, 6.45) is 2.82. The van der Waals surface area contributed by atoms with Gasteiger partial charge in [0.15, 0.2) is 11.5 Å². The average molecular weight is 318 g/mol. The molecule has 0 spiro atoms. The van der Waals surface area contributed by atoms with Crippen molar-refractivity contribution in [3.8, 4) is 17.2 Å². The lowest BCUT2D eigenvalue weighted by Gasteiger charge is -2.23. The van der Waals surface area contributed by atoms with E-state index < -0.39 is 0 Å². The molecule has 0 radical (unpaired) electrons. The minimum Gasteiger partial charge on any atom is -0.493 e. The lowest BCUT2D eigenvalue weighted by molar-refractivity contribution is 0.323. The first-order chi connectivity index (χ1) is 11.2. The molecule has 6 heteroatoms. The summed E-state index contributed by atoms with van der Waals surface area (Å²) in [5.74, 6) is 3.12. The van der Waals surface area contributed by atoms with Crippen LogP contribution in [0, 0.1) is 0 Å². The van der Waals surface area contributed by atoms with Gasteiger partial charge in [0.2, 0.25) is 11.6 Å². The highest BCUT2D eigenvalue weighted by Crippen LogP contribution is 2.43. The van der Waals surface area contributed by atoms with Crippen LogP contribution in [0.3, 0.4) is 0 Å². The van der Waals surface area contributed by atoms with Gasteiger partial charge in [0.1, 0.15) is 0 Å². The third-order valence-electron chi connectivity index (χ3n) is 4.44. The number of fused-ring (bicyclic) bond motifs is 1. The third kappa shape index (κ3) is 2.69. The van der Waals surface area contributed by atoms with Crippen LogP contribution in [-0.2, 0) is 12.8 Å². The van der Waals surface area contributed by atoms with Crippen molar-refractivity contribution in [1.82, 2.24) is 5.16 Å². The molecular weight excluding hydrogens is 296 g/mol. The molecule has 1 aliphatic carbocycles. The molecule has 124 valence electrons. The topological polar surface area (TPSA) is 65.8 Å². The smallest absolute Gasteiger partial charge is 0.227 e. The van der Waals surface area contributed by atoms with Gasteiger partial charge in [-0.2, -0.15) is 0 Å². The first-order valence-corrected chi connectivity index (χ1v) is 7.66. The maximum Gasteiger partial charge on any atom is 0.227 e. The van der Waals surface area contributed by atoms with E-state index in [4.69, 9.17) is 18.7 Å². The van der Waals surface area contributed by atoms with E-state index in [0.717, 1.165) is 30.8 Å². The van der Waals surface area contributed by atoms with E-state index in [2.05, 4.69) is 10.5 Å². The van der Waals surface area contributed by atoms with E-state index in [1.54, 1.807) is 21.3 Å². The van der Waals surface area contributed by atoms with Crippen LogP contribution in [0.1, 0.15) is 29.2 Å². The number of ether oxygens (including phenoxy) is 3. The molecule has 0 fully saturated rings. The zero-order valence-corrected chi connectivity index (χ0v) is 13.9. The van der Waals surface area contributed by atoms with Crippen LogP contribution in [0.5, 0.6) is 17.2 Å². The molecule has 1 atom stereocenters. The summed E-state index contributed by atoms with van der Waals surface area (Å²) in [6.45, 7) is 0. The lowest BCUT2D eigenvalue weighted by Crippen LogP contribution is -2.13. The van der Waals surface area contributed by atoms with Crippen LogP contribution in [0.25, 0.3) is 0 Å². The second-order valence-corrected chi connectivity index (χ2v) is 5.59. The maximum atomic E-state index is 5.45. The van der Waals surface area contributed by atoms with Gasteiger partial charge in [-0.15, -0.1) is 0 Å². The Hall–Kier alpha value is -2.37. The Morgan fingerprint density at radius 3 is 2.39 bits per heavy atom. The van der Waals surface area contributed by atoms with E-state index in [1.165, 1.54) is 11.1 Å². The lowest BCUT2D eigenvalue weighted by atomic mass is 9.83. The average Bonchev–Trinajstić information content (AvgIpc) is 3.02. The minimum atomic E-state index is 0.353. The van der Waals surface area contributed by atoms with Crippen LogP contribution in [0.2, 0.25) is 0 Å². The quantitative estimate of drug-likeness (QED) is 0.914. The van der Waals surface area contributed by atoms with Gasteiger partial charge in [-0.1, -0.05) is 5.16 Å². The summed E-state index contributed by atoms with van der Waals surface area (Å²) in [6, 6.07) is 4.05. The molecule has 1 N–H and O–H groups in total. The van der Waals surface area contributed by atoms with Crippen molar-refractivity contribution < 1.29 is 18.7 Å². The Balaban J connectivity index is 1.93. The fourth-order valence-electron chi connectivity index (χ4n) is 3.23. The SMILES string of the molecule is CNc1onc2c1CCC(c1cc(OC)c(OC)c(OC)c1)C2. The molecule has 0 saturated carbocycles. The Morgan fingerprint density at radius 2 is 1.83 bits per heavy atom. The van der Waals surface area contributed by atoms with Gasteiger partial charge in [0.05, 0.1) is 27.0 Å². The second-order valence-electron chi connectivity index (χ2n) is 5.59. The van der Waals surface area contributed by atoms with Crippen molar-refractivity contribution in [2.75, 3.05) is 33.7 Å². The molecule has 23 heavy (non-hydrogen) atoms. The Morgan fingerprint density at radius 1 is 1.13 bits per heavy atom. The van der Waals surface area contributed by atoms with Gasteiger partial charge in [-0.05, 0) is 36.5 Å². The molecule has 1 aromatic heterocycles. The first kappa shape index (κ1) is 15.5. The number of rotatable bonds is 5. The van der Waals surface area contributed by atoms with Gasteiger partial charge < -0.3 is 24.1 Å². The zero-order chi connectivity index (χ0) is 16.4. The van der Waals surface area contributed by atoms with Crippen molar-refractivity contribution in [2.45, 2.75) is 25.2 Å². The highest BCUT2D eigenvalue weighted by atomic mass is 16.5. The fourth-order valence-corrected chi connectivity index (χ4v) is 3.23. The van der Waals surface area contributed by atoms with E-state index >= 15 is 0 Å². The number of benzene rings is 1. The largest absolute Gasteiger partial charge is 0.493 e. The zero-order valence-electron chi connectivity index (χ0n) is 13.9. The number of methoxy groups -OCH3 is 3. The number of anilines is 1. The predicted octanol–water partition coefficient (Wildman–Crippen LogP) is 3.01. The van der Waals surface area contributed by atoms with Gasteiger partial charge in [-0.25, -0.2) is 0 Å². The normalized spacial score (nSPS) is 16.6. The number of aromatic nitrogens is 1. The summed E-state index contributed by atoms with van der Waals surface area (Å²) in [7, 11) is 6.74. The molecule has 1 heterocycles. The van der Waals surface area contributed by atoms with Crippen molar-refractivity contribution in [3.05, 3.63) is 29.0 Å². The summed E-state index contributed by atoms with van der Waals surface area (Å²) >= 11 is 0. The molecule has 1 aliphatic rings. The van der Waals surface area contributed by atoms with Crippen LogP contribution in [0.4, 0.5) is 5.88 Å². The summed E-state index contributed by atoms with van der Waals surface area (Å²) in [5, 5.41) is 7.25. The van der Waals surface area contributed by atoms with Crippen molar-refractivity contribution in [3.63, 3.8) is 0 Å². The number of nitrogens with zero attached hydrogens (tertiary/aromatic N) is 1. The van der Waals surface area contributed by atoms with Gasteiger partial charge in [0, 0.05) is 19.0 Å². The fraction of sp³-hybridized carbons (Fsp3) is 0.471. The second kappa shape index (κ2) is 6.40.